The van der Waals surface area contributed by atoms with Gasteiger partial charge in [0.1, 0.15) is 0 Å². The third-order valence-corrected chi connectivity index (χ3v) is 4.17. The molecule has 0 unspecified atom stereocenters. The molecule has 0 heteroatoms. The normalized spacial score (nSPS) is 61.3. The van der Waals surface area contributed by atoms with Gasteiger partial charge in [0, 0.05) is 0 Å². The first kappa shape index (κ1) is 4.76. The van der Waals surface area contributed by atoms with Crippen LogP contribution in [-0.2, 0) is 0 Å². The van der Waals surface area contributed by atoms with Gasteiger partial charge in [-0.25, -0.2) is 0 Å². The van der Waals surface area contributed by atoms with Crippen LogP contribution < -0.4 is 0 Å². The van der Waals surface area contributed by atoms with Crippen LogP contribution in [0.1, 0.15) is 38.5 Å². The molecule has 2 atom stereocenters. The van der Waals surface area contributed by atoms with E-state index in [1.807, 2.05) is 0 Å². The lowest BCUT2D eigenvalue weighted by Gasteiger charge is -2.04. The fraction of sp³-hybridized carbons (Fsp3) is 1.00. The Balaban J connectivity index is 1.96. The van der Waals surface area contributed by atoms with Crippen molar-refractivity contribution >= 4 is 0 Å². The van der Waals surface area contributed by atoms with E-state index in [9.17, 15) is 0 Å². The van der Waals surface area contributed by atoms with E-state index in [1.165, 1.54) is 11.8 Å². The second-order valence-corrected chi connectivity index (χ2v) is 4.23. The zero-order valence-corrected chi connectivity index (χ0v) is 5.90. The summed E-state index contributed by atoms with van der Waals surface area (Å²) in [6, 6.07) is 0. The van der Waals surface area contributed by atoms with Crippen LogP contribution in [0.5, 0.6) is 0 Å². The first-order chi connectivity index (χ1) is 4.43. The van der Waals surface area contributed by atoms with E-state index >= 15 is 0 Å². The highest BCUT2D eigenvalue weighted by Crippen LogP contribution is 2.75. The molecule has 0 aliphatic heterocycles. The van der Waals surface area contributed by atoms with Crippen LogP contribution in [0.15, 0.2) is 0 Å². The quantitative estimate of drug-likeness (QED) is 0.463. The van der Waals surface area contributed by atoms with E-state index in [-0.39, 0.29) is 0 Å². The zero-order valence-electron chi connectivity index (χ0n) is 5.90. The molecular formula is C9H14. The zero-order chi connectivity index (χ0) is 5.90. The standard InChI is InChI=1S/C9H14/c1-3-7-8-4-2-6-9(7,8)5-1/h7-8H,1-6H2/t7-,8-,9?/m0/s1. The Kier molecular flexibility index (Phi) is 0.640. The predicted molar refractivity (Wildman–Crippen MR) is 37.1 cm³/mol. The molecule has 0 bridgehead atoms. The smallest absolute Gasteiger partial charge is 0.0235 e. The van der Waals surface area contributed by atoms with Gasteiger partial charge in [-0.3, -0.25) is 0 Å². The highest BCUT2D eigenvalue weighted by molar-refractivity contribution is 5.16. The van der Waals surface area contributed by atoms with Gasteiger partial charge in [-0.1, -0.05) is 12.8 Å². The van der Waals surface area contributed by atoms with Crippen molar-refractivity contribution in [2.75, 3.05) is 0 Å². The second kappa shape index (κ2) is 1.21. The minimum absolute atomic E-state index is 0.972. The fourth-order valence-electron chi connectivity index (χ4n) is 3.82. The van der Waals surface area contributed by atoms with Crippen molar-refractivity contribution in [3.63, 3.8) is 0 Å². The molecule has 0 amide bonds. The van der Waals surface area contributed by atoms with E-state index in [2.05, 4.69) is 0 Å². The van der Waals surface area contributed by atoms with Crippen LogP contribution in [0.2, 0.25) is 0 Å². The Morgan fingerprint density at radius 1 is 0.889 bits per heavy atom. The lowest BCUT2D eigenvalue weighted by molar-refractivity contribution is 0.466. The summed E-state index contributed by atoms with van der Waals surface area (Å²) in [7, 11) is 0. The van der Waals surface area contributed by atoms with E-state index in [0.717, 1.165) is 5.41 Å². The van der Waals surface area contributed by atoms with Crippen molar-refractivity contribution in [3.05, 3.63) is 0 Å². The lowest BCUT2D eigenvalue weighted by Crippen LogP contribution is -1.93. The summed E-state index contributed by atoms with van der Waals surface area (Å²) < 4.78 is 0. The fourth-order valence-corrected chi connectivity index (χ4v) is 3.82. The maximum absolute atomic E-state index is 1.60. The average molecular weight is 122 g/mol. The Morgan fingerprint density at radius 2 is 1.44 bits per heavy atom. The molecule has 3 fully saturated rings. The van der Waals surface area contributed by atoms with Gasteiger partial charge in [-0.2, -0.15) is 0 Å². The Labute approximate surface area is 56.6 Å². The van der Waals surface area contributed by atoms with Crippen molar-refractivity contribution in [3.8, 4) is 0 Å². The number of hydrogen-bond donors (Lipinski definition) is 0. The highest BCUT2D eigenvalue weighted by atomic mass is 14.7. The maximum atomic E-state index is 1.60. The van der Waals surface area contributed by atoms with Crippen molar-refractivity contribution < 1.29 is 0 Å². The predicted octanol–water partition coefficient (Wildman–Crippen LogP) is 2.59. The summed E-state index contributed by atoms with van der Waals surface area (Å²) in [6.45, 7) is 0. The molecule has 0 nitrogen and oxygen atoms in total. The van der Waals surface area contributed by atoms with Crippen LogP contribution in [0.3, 0.4) is 0 Å². The summed E-state index contributed by atoms with van der Waals surface area (Å²) in [6.07, 6.45) is 9.49. The molecule has 0 saturated heterocycles. The summed E-state index contributed by atoms with van der Waals surface area (Å²) in [5, 5.41) is 0. The number of fused-ring (bicyclic) bond motifs is 1. The van der Waals surface area contributed by atoms with E-state index in [4.69, 9.17) is 0 Å². The topological polar surface area (TPSA) is 0 Å². The highest BCUT2D eigenvalue weighted by Gasteiger charge is 2.67. The molecule has 0 aromatic carbocycles. The Morgan fingerprint density at radius 3 is 1.89 bits per heavy atom. The molecule has 50 valence electrons. The second-order valence-electron chi connectivity index (χ2n) is 4.23. The van der Waals surface area contributed by atoms with Crippen molar-refractivity contribution in [1.29, 1.82) is 0 Å². The molecule has 1 spiro atoms. The monoisotopic (exact) mass is 122 g/mol. The van der Waals surface area contributed by atoms with Gasteiger partial charge in [0.25, 0.3) is 0 Å². The van der Waals surface area contributed by atoms with Crippen molar-refractivity contribution in [2.24, 2.45) is 17.3 Å². The molecule has 0 N–H and O–H groups in total. The summed E-state index contributed by atoms with van der Waals surface area (Å²) in [5.41, 5.74) is 0.972. The van der Waals surface area contributed by atoms with Crippen molar-refractivity contribution in [1.82, 2.24) is 0 Å². The van der Waals surface area contributed by atoms with Gasteiger partial charge in [0.2, 0.25) is 0 Å². The lowest BCUT2D eigenvalue weighted by atomic mass is 10.0. The maximum Gasteiger partial charge on any atom is -0.0235 e. The first-order valence-corrected chi connectivity index (χ1v) is 4.43. The van der Waals surface area contributed by atoms with Crippen LogP contribution in [0, 0.1) is 17.3 Å². The van der Waals surface area contributed by atoms with Crippen molar-refractivity contribution in [2.45, 2.75) is 38.5 Å². The van der Waals surface area contributed by atoms with Gasteiger partial charge >= 0.3 is 0 Å². The minimum atomic E-state index is 0.972. The van der Waals surface area contributed by atoms with Gasteiger partial charge in [-0.15, -0.1) is 0 Å². The van der Waals surface area contributed by atoms with Crippen LogP contribution in [-0.4, -0.2) is 0 Å². The molecule has 0 heterocycles. The van der Waals surface area contributed by atoms with E-state index < -0.39 is 0 Å². The van der Waals surface area contributed by atoms with Gasteiger partial charge < -0.3 is 0 Å². The first-order valence-electron chi connectivity index (χ1n) is 4.43. The van der Waals surface area contributed by atoms with Gasteiger partial charge in [0.05, 0.1) is 0 Å². The SMILES string of the molecule is C1C[C@H]2[C@@H]3CCCC23C1. The third kappa shape index (κ3) is 0.367. The largest absolute Gasteiger partial charge is 0.0525 e. The van der Waals surface area contributed by atoms with Crippen LogP contribution in [0.4, 0.5) is 0 Å². The molecule has 3 rings (SSSR count). The molecule has 3 aliphatic rings. The molecule has 3 aliphatic carbocycles. The molecule has 9 heavy (non-hydrogen) atoms. The van der Waals surface area contributed by atoms with E-state index in [0.29, 0.717) is 0 Å². The van der Waals surface area contributed by atoms with Gasteiger partial charge in [-0.05, 0) is 42.9 Å². The average Bonchev–Trinajstić information content (AvgIpc) is 2.40. The summed E-state index contributed by atoms with van der Waals surface area (Å²) in [4.78, 5) is 0. The molecule has 0 aromatic heterocycles. The Bertz CT molecular complexity index is 130. The minimum Gasteiger partial charge on any atom is -0.0525 e. The van der Waals surface area contributed by atoms with E-state index in [1.54, 1.807) is 38.5 Å². The number of hydrogen-bond acceptors (Lipinski definition) is 0. The molecule has 0 aromatic rings. The molecule has 3 saturated carbocycles. The third-order valence-electron chi connectivity index (χ3n) is 4.17. The number of rotatable bonds is 0. The molecular weight excluding hydrogens is 108 g/mol. The van der Waals surface area contributed by atoms with Crippen LogP contribution in [0.25, 0.3) is 0 Å². The molecule has 0 radical (unpaired) electrons. The van der Waals surface area contributed by atoms with Gasteiger partial charge in [0.15, 0.2) is 0 Å². The Hall–Kier alpha value is 0. The summed E-state index contributed by atoms with van der Waals surface area (Å²) in [5.74, 6) is 2.46. The van der Waals surface area contributed by atoms with Crippen LogP contribution >= 0.6 is 0 Å². The summed E-state index contributed by atoms with van der Waals surface area (Å²) >= 11 is 0.